The fourth-order valence-electron chi connectivity index (χ4n) is 3.93. The molecule has 2 aliphatic rings. The van der Waals surface area contributed by atoms with Crippen molar-refractivity contribution in [1.29, 1.82) is 0 Å². The quantitative estimate of drug-likeness (QED) is 0.793. The van der Waals surface area contributed by atoms with Gasteiger partial charge in [0.15, 0.2) is 5.16 Å². The molecular weight excluding hydrogens is 380 g/mol. The zero-order chi connectivity index (χ0) is 18.5. The Morgan fingerprint density at radius 2 is 1.88 bits per heavy atom. The lowest BCUT2D eigenvalue weighted by Crippen LogP contribution is -2.31. The SMILES string of the molecule is Cn1ccnc1SC1C[C@@H]2CN(S(=O)(=O)c3ccc(F)cc3F)C[C@H]2C1. The van der Waals surface area contributed by atoms with Crippen molar-refractivity contribution in [3.05, 3.63) is 42.2 Å². The van der Waals surface area contributed by atoms with Gasteiger partial charge in [0.1, 0.15) is 16.5 Å². The first-order valence-corrected chi connectivity index (χ1v) is 10.8. The van der Waals surface area contributed by atoms with E-state index in [0.29, 0.717) is 24.4 Å². The summed E-state index contributed by atoms with van der Waals surface area (Å²) < 4.78 is 55.8. The number of fused-ring (bicyclic) bond motifs is 1. The first kappa shape index (κ1) is 17.9. The first-order valence-electron chi connectivity index (χ1n) is 8.44. The molecule has 0 spiro atoms. The highest BCUT2D eigenvalue weighted by Crippen LogP contribution is 2.45. The number of thioether (sulfide) groups is 1. The van der Waals surface area contributed by atoms with Gasteiger partial charge in [-0.2, -0.15) is 4.31 Å². The smallest absolute Gasteiger partial charge is 0.246 e. The predicted molar refractivity (Wildman–Crippen MR) is 94.2 cm³/mol. The van der Waals surface area contributed by atoms with E-state index in [2.05, 4.69) is 4.98 Å². The van der Waals surface area contributed by atoms with Crippen molar-refractivity contribution >= 4 is 21.8 Å². The van der Waals surface area contributed by atoms with E-state index in [4.69, 9.17) is 0 Å². The van der Waals surface area contributed by atoms with Crippen molar-refractivity contribution in [2.75, 3.05) is 13.1 Å². The minimum Gasteiger partial charge on any atom is -0.329 e. The normalized spacial score (nSPS) is 24.3. The Balaban J connectivity index is 1.45. The number of benzene rings is 1. The monoisotopic (exact) mass is 399 g/mol. The van der Waals surface area contributed by atoms with Crippen LogP contribution in [0.15, 0.2) is 40.6 Å². The van der Waals surface area contributed by atoms with Gasteiger partial charge in [-0.25, -0.2) is 22.2 Å². The molecule has 1 aromatic heterocycles. The van der Waals surface area contributed by atoms with Crippen LogP contribution in [0.4, 0.5) is 8.78 Å². The van der Waals surface area contributed by atoms with Gasteiger partial charge in [-0.1, -0.05) is 11.8 Å². The molecule has 1 aliphatic carbocycles. The summed E-state index contributed by atoms with van der Waals surface area (Å²) in [7, 11) is -1.98. The largest absolute Gasteiger partial charge is 0.329 e. The minimum atomic E-state index is -3.93. The molecule has 2 fully saturated rings. The molecule has 1 saturated heterocycles. The Morgan fingerprint density at radius 1 is 1.19 bits per heavy atom. The topological polar surface area (TPSA) is 55.2 Å². The minimum absolute atomic E-state index is 0.269. The molecule has 26 heavy (non-hydrogen) atoms. The molecular formula is C17H19F2N3O2S2. The molecule has 2 aromatic rings. The molecule has 4 rings (SSSR count). The van der Waals surface area contributed by atoms with Gasteiger partial charge in [0.2, 0.25) is 10.0 Å². The van der Waals surface area contributed by atoms with E-state index in [0.717, 1.165) is 30.1 Å². The van der Waals surface area contributed by atoms with E-state index in [9.17, 15) is 17.2 Å². The Labute approximate surface area is 155 Å². The second-order valence-electron chi connectivity index (χ2n) is 6.95. The summed E-state index contributed by atoms with van der Waals surface area (Å²) in [5.74, 6) is -1.28. The maximum absolute atomic E-state index is 13.9. The highest BCUT2D eigenvalue weighted by Gasteiger charge is 2.45. The van der Waals surface area contributed by atoms with Gasteiger partial charge in [0.25, 0.3) is 0 Å². The average Bonchev–Trinajstić information content (AvgIpc) is 3.23. The second-order valence-corrected chi connectivity index (χ2v) is 10.1. The molecule has 140 valence electrons. The third-order valence-electron chi connectivity index (χ3n) is 5.24. The maximum atomic E-state index is 13.9. The van der Waals surface area contributed by atoms with Crippen molar-refractivity contribution in [1.82, 2.24) is 13.9 Å². The van der Waals surface area contributed by atoms with E-state index in [1.54, 1.807) is 18.0 Å². The summed E-state index contributed by atoms with van der Waals surface area (Å²) in [4.78, 5) is 3.88. The van der Waals surface area contributed by atoms with Crippen LogP contribution in [0.1, 0.15) is 12.8 Å². The van der Waals surface area contributed by atoms with Gasteiger partial charge in [-0.05, 0) is 36.8 Å². The van der Waals surface area contributed by atoms with Gasteiger partial charge in [0, 0.05) is 43.8 Å². The van der Waals surface area contributed by atoms with Gasteiger partial charge >= 0.3 is 0 Å². The molecule has 5 nitrogen and oxygen atoms in total. The summed E-state index contributed by atoms with van der Waals surface area (Å²) in [5.41, 5.74) is 0. The van der Waals surface area contributed by atoms with Gasteiger partial charge in [0.05, 0.1) is 0 Å². The molecule has 0 radical (unpaired) electrons. The van der Waals surface area contributed by atoms with Crippen LogP contribution < -0.4 is 0 Å². The molecule has 0 N–H and O–H groups in total. The van der Waals surface area contributed by atoms with Crippen molar-refractivity contribution in [2.24, 2.45) is 18.9 Å². The summed E-state index contributed by atoms with van der Waals surface area (Å²) in [6.45, 7) is 0.781. The number of hydrogen-bond acceptors (Lipinski definition) is 4. The van der Waals surface area contributed by atoms with Gasteiger partial charge in [-0.3, -0.25) is 0 Å². The van der Waals surface area contributed by atoms with Crippen LogP contribution in [0.2, 0.25) is 0 Å². The highest BCUT2D eigenvalue weighted by atomic mass is 32.2. The lowest BCUT2D eigenvalue weighted by Gasteiger charge is -2.19. The van der Waals surface area contributed by atoms with E-state index in [-0.39, 0.29) is 11.8 Å². The van der Waals surface area contributed by atoms with Crippen LogP contribution >= 0.6 is 11.8 Å². The number of hydrogen-bond donors (Lipinski definition) is 0. The fourth-order valence-corrected chi connectivity index (χ4v) is 6.86. The van der Waals surface area contributed by atoms with Crippen LogP contribution in [0.25, 0.3) is 0 Å². The van der Waals surface area contributed by atoms with Crippen LogP contribution in [0, 0.1) is 23.5 Å². The number of imidazole rings is 1. The number of aryl methyl sites for hydroxylation is 1. The zero-order valence-electron chi connectivity index (χ0n) is 14.2. The average molecular weight is 399 g/mol. The van der Waals surface area contributed by atoms with Crippen molar-refractivity contribution in [3.8, 4) is 0 Å². The van der Waals surface area contributed by atoms with E-state index in [1.807, 2.05) is 17.8 Å². The van der Waals surface area contributed by atoms with Crippen molar-refractivity contribution in [2.45, 2.75) is 28.1 Å². The Bertz CT molecular complexity index is 918. The summed E-state index contributed by atoms with van der Waals surface area (Å²) in [6, 6.07) is 2.60. The number of sulfonamides is 1. The zero-order valence-corrected chi connectivity index (χ0v) is 15.8. The summed E-state index contributed by atoms with van der Waals surface area (Å²) in [6.07, 6.45) is 5.51. The standard InChI is InChI=1S/C17H19F2N3O2S2/c1-21-5-4-20-17(21)25-14-6-11-9-22(10-12(11)7-14)26(23,24)16-3-2-13(18)8-15(16)19/h2-5,8,11-12,14H,6-7,9-10H2,1H3/t11-,12-/m1/s1. The molecule has 1 saturated carbocycles. The Hall–Kier alpha value is -1.45. The van der Waals surface area contributed by atoms with E-state index >= 15 is 0 Å². The second kappa shape index (κ2) is 6.61. The number of halogens is 2. The van der Waals surface area contributed by atoms with Gasteiger partial charge < -0.3 is 4.57 Å². The van der Waals surface area contributed by atoms with E-state index < -0.39 is 26.6 Å². The van der Waals surface area contributed by atoms with Crippen LogP contribution in [-0.2, 0) is 17.1 Å². The third-order valence-corrected chi connectivity index (χ3v) is 8.42. The number of nitrogens with zero attached hydrogens (tertiary/aromatic N) is 3. The Morgan fingerprint density at radius 3 is 2.46 bits per heavy atom. The van der Waals surface area contributed by atoms with Gasteiger partial charge in [-0.15, -0.1) is 0 Å². The highest BCUT2D eigenvalue weighted by molar-refractivity contribution is 7.99. The van der Waals surface area contributed by atoms with Crippen molar-refractivity contribution < 1.29 is 17.2 Å². The molecule has 1 aliphatic heterocycles. The molecule has 1 aromatic carbocycles. The first-order chi connectivity index (χ1) is 12.3. The molecule has 2 atom stereocenters. The third kappa shape index (κ3) is 3.16. The predicted octanol–water partition coefficient (Wildman–Crippen LogP) is 2.89. The summed E-state index contributed by atoms with van der Waals surface area (Å²) >= 11 is 1.73. The molecule has 9 heteroatoms. The molecule has 0 amide bonds. The molecule has 0 bridgehead atoms. The lowest BCUT2D eigenvalue weighted by atomic mass is 10.0. The number of aromatic nitrogens is 2. The van der Waals surface area contributed by atoms with Crippen molar-refractivity contribution in [3.63, 3.8) is 0 Å². The summed E-state index contributed by atoms with van der Waals surface area (Å²) in [5, 5.41) is 1.38. The van der Waals surface area contributed by atoms with Crippen LogP contribution in [0.5, 0.6) is 0 Å². The van der Waals surface area contributed by atoms with Crippen LogP contribution in [0.3, 0.4) is 0 Å². The fraction of sp³-hybridized carbons (Fsp3) is 0.471. The van der Waals surface area contributed by atoms with Crippen LogP contribution in [-0.4, -0.2) is 40.6 Å². The maximum Gasteiger partial charge on any atom is 0.246 e. The lowest BCUT2D eigenvalue weighted by molar-refractivity contribution is 0.441. The van der Waals surface area contributed by atoms with E-state index in [1.165, 1.54) is 4.31 Å². The molecule has 2 heterocycles. The Kier molecular flexibility index (Phi) is 4.56. The molecule has 0 unspecified atom stereocenters. The number of rotatable bonds is 4.